The van der Waals surface area contributed by atoms with Gasteiger partial charge in [0, 0.05) is 37.2 Å². The molecule has 0 amide bonds. The minimum atomic E-state index is 0.985. The summed E-state index contributed by atoms with van der Waals surface area (Å²) in [5, 5.41) is 3.15. The number of nitrogens with zero attached hydrogens (tertiary/aromatic N) is 1. The average molecular weight is 158 g/mol. The Morgan fingerprint density at radius 1 is 1.60 bits per heavy atom. The van der Waals surface area contributed by atoms with Crippen LogP contribution in [0.1, 0.15) is 6.42 Å². The van der Waals surface area contributed by atoms with Gasteiger partial charge in [0.2, 0.25) is 0 Å². The van der Waals surface area contributed by atoms with Crippen LogP contribution >= 0.6 is 12.6 Å². The minimum Gasteiger partial charge on any atom is -0.391 e. The van der Waals surface area contributed by atoms with Crippen LogP contribution < -0.4 is 5.32 Å². The molecule has 2 nitrogen and oxygen atoms in total. The summed E-state index contributed by atoms with van der Waals surface area (Å²) in [6.45, 7) is 2.12. The van der Waals surface area contributed by atoms with Crippen molar-refractivity contribution in [3.63, 3.8) is 0 Å². The Kier molecular flexibility index (Phi) is 2.63. The lowest BCUT2D eigenvalue weighted by Gasteiger charge is -2.24. The van der Waals surface area contributed by atoms with Gasteiger partial charge in [0.25, 0.3) is 0 Å². The Morgan fingerprint density at radius 2 is 2.30 bits per heavy atom. The number of nitrogens with one attached hydrogen (secondary N) is 1. The lowest BCUT2D eigenvalue weighted by molar-refractivity contribution is 0.351. The van der Waals surface area contributed by atoms with Crippen molar-refractivity contribution in [2.75, 3.05) is 27.2 Å². The summed E-state index contributed by atoms with van der Waals surface area (Å²) in [6.07, 6.45) is 1.10. The molecule has 10 heavy (non-hydrogen) atoms. The quantitative estimate of drug-likeness (QED) is 0.546. The number of hydrogen-bond acceptors (Lipinski definition) is 3. The molecule has 0 unspecified atom stereocenters. The van der Waals surface area contributed by atoms with Crippen LogP contribution in [-0.2, 0) is 0 Å². The zero-order valence-corrected chi connectivity index (χ0v) is 7.41. The molecule has 0 atom stereocenters. The van der Waals surface area contributed by atoms with E-state index in [9.17, 15) is 0 Å². The van der Waals surface area contributed by atoms with Gasteiger partial charge in [-0.05, 0) is 7.05 Å². The molecule has 0 aromatic carbocycles. The van der Waals surface area contributed by atoms with E-state index in [1.807, 2.05) is 7.05 Å². The van der Waals surface area contributed by atoms with E-state index >= 15 is 0 Å². The van der Waals surface area contributed by atoms with Crippen molar-refractivity contribution in [1.29, 1.82) is 0 Å². The maximum atomic E-state index is 4.37. The molecule has 0 saturated heterocycles. The highest BCUT2D eigenvalue weighted by molar-refractivity contribution is 7.84. The van der Waals surface area contributed by atoms with Crippen LogP contribution in [0.2, 0.25) is 0 Å². The highest BCUT2D eigenvalue weighted by Gasteiger charge is 2.11. The van der Waals surface area contributed by atoms with Gasteiger partial charge < -0.3 is 10.2 Å². The van der Waals surface area contributed by atoms with Crippen LogP contribution in [0, 0.1) is 0 Å². The van der Waals surface area contributed by atoms with Gasteiger partial charge >= 0.3 is 0 Å². The van der Waals surface area contributed by atoms with Crippen LogP contribution in [0.4, 0.5) is 0 Å². The molecule has 1 rings (SSSR count). The van der Waals surface area contributed by atoms with Gasteiger partial charge in [-0.15, -0.1) is 12.6 Å². The van der Waals surface area contributed by atoms with Crippen molar-refractivity contribution >= 4 is 12.6 Å². The summed E-state index contributed by atoms with van der Waals surface area (Å²) >= 11 is 4.37. The fourth-order valence-electron chi connectivity index (χ4n) is 1.15. The Bertz CT molecular complexity index is 154. The van der Waals surface area contributed by atoms with E-state index in [0.29, 0.717) is 0 Å². The molecule has 3 heteroatoms. The summed E-state index contributed by atoms with van der Waals surface area (Å²) in [5.74, 6) is 0. The summed E-state index contributed by atoms with van der Waals surface area (Å²) in [7, 11) is 4.07. The first-order chi connectivity index (χ1) is 4.74. The van der Waals surface area contributed by atoms with Gasteiger partial charge in [0.1, 0.15) is 0 Å². The first kappa shape index (κ1) is 7.95. The smallest absolute Gasteiger partial charge is 0.0305 e. The summed E-state index contributed by atoms with van der Waals surface area (Å²) in [5.41, 5.74) is 1.29. The van der Waals surface area contributed by atoms with Crippen LogP contribution in [0.5, 0.6) is 0 Å². The first-order valence-electron chi connectivity index (χ1n) is 3.51. The average Bonchev–Trinajstić information content (AvgIpc) is 1.88. The number of hydrogen-bond donors (Lipinski definition) is 2. The Labute approximate surface area is 67.7 Å². The second-order valence-corrected chi connectivity index (χ2v) is 3.20. The van der Waals surface area contributed by atoms with Crippen molar-refractivity contribution in [1.82, 2.24) is 10.2 Å². The number of likely N-dealkylation sites (N-methyl/N-ethyl adjacent to an activating group) is 1. The van der Waals surface area contributed by atoms with Crippen molar-refractivity contribution in [3.8, 4) is 0 Å². The third-order valence-electron chi connectivity index (χ3n) is 1.81. The molecule has 0 aromatic heterocycles. The molecule has 0 bridgehead atoms. The fourth-order valence-corrected chi connectivity index (χ4v) is 1.61. The van der Waals surface area contributed by atoms with E-state index < -0.39 is 0 Å². The fraction of sp³-hybridized carbons (Fsp3) is 0.714. The molecule has 1 aliphatic rings. The topological polar surface area (TPSA) is 15.3 Å². The van der Waals surface area contributed by atoms with Gasteiger partial charge in [-0.3, -0.25) is 0 Å². The van der Waals surface area contributed by atoms with Gasteiger partial charge in [-0.2, -0.15) is 0 Å². The molecule has 0 aromatic rings. The maximum Gasteiger partial charge on any atom is 0.0305 e. The Morgan fingerprint density at radius 3 is 2.80 bits per heavy atom. The van der Waals surface area contributed by atoms with Crippen molar-refractivity contribution in [2.24, 2.45) is 0 Å². The molecule has 1 N–H and O–H groups in total. The number of thiol groups is 1. The molecule has 0 radical (unpaired) electrons. The zero-order chi connectivity index (χ0) is 7.56. The second kappa shape index (κ2) is 3.30. The summed E-state index contributed by atoms with van der Waals surface area (Å²) < 4.78 is 0. The van der Waals surface area contributed by atoms with Gasteiger partial charge in [0.15, 0.2) is 0 Å². The van der Waals surface area contributed by atoms with Crippen LogP contribution in [-0.4, -0.2) is 32.1 Å². The van der Waals surface area contributed by atoms with E-state index in [0.717, 1.165) is 19.5 Å². The Balaban J connectivity index is 2.61. The SMILES string of the molecule is CNC1=C(S)CN(C)CC1. The zero-order valence-electron chi connectivity index (χ0n) is 6.52. The molecule has 0 aliphatic carbocycles. The standard InChI is InChI=1S/C7H14N2S/c1-8-6-3-4-9(2)5-7(6)10/h8,10H,3-5H2,1-2H3. The van der Waals surface area contributed by atoms with E-state index in [4.69, 9.17) is 0 Å². The molecule has 1 aliphatic heterocycles. The lowest BCUT2D eigenvalue weighted by atomic mass is 10.2. The molecule has 0 saturated carbocycles. The third-order valence-corrected chi connectivity index (χ3v) is 2.22. The third kappa shape index (κ3) is 1.67. The van der Waals surface area contributed by atoms with Crippen LogP contribution in [0.25, 0.3) is 0 Å². The molecule has 58 valence electrons. The van der Waals surface area contributed by atoms with E-state index in [1.165, 1.54) is 10.6 Å². The van der Waals surface area contributed by atoms with Crippen molar-refractivity contribution < 1.29 is 0 Å². The maximum absolute atomic E-state index is 4.37. The highest BCUT2D eigenvalue weighted by atomic mass is 32.1. The van der Waals surface area contributed by atoms with Gasteiger partial charge in [-0.25, -0.2) is 0 Å². The van der Waals surface area contributed by atoms with Crippen LogP contribution in [0.3, 0.4) is 0 Å². The molecule has 0 fully saturated rings. The minimum absolute atomic E-state index is 0.985. The van der Waals surface area contributed by atoms with E-state index in [-0.39, 0.29) is 0 Å². The normalized spacial score (nSPS) is 21.5. The van der Waals surface area contributed by atoms with E-state index in [1.54, 1.807) is 0 Å². The molecule has 0 spiro atoms. The summed E-state index contributed by atoms with van der Waals surface area (Å²) in [6, 6.07) is 0. The lowest BCUT2D eigenvalue weighted by Crippen LogP contribution is -2.29. The molecule has 1 heterocycles. The van der Waals surface area contributed by atoms with Crippen molar-refractivity contribution in [2.45, 2.75) is 6.42 Å². The number of rotatable bonds is 1. The second-order valence-electron chi connectivity index (χ2n) is 2.66. The predicted molar refractivity (Wildman–Crippen MR) is 47.2 cm³/mol. The van der Waals surface area contributed by atoms with Gasteiger partial charge in [0.05, 0.1) is 0 Å². The highest BCUT2D eigenvalue weighted by Crippen LogP contribution is 2.16. The van der Waals surface area contributed by atoms with Gasteiger partial charge in [-0.1, -0.05) is 0 Å². The molecular formula is C7H14N2S. The monoisotopic (exact) mass is 158 g/mol. The largest absolute Gasteiger partial charge is 0.391 e. The predicted octanol–water partition coefficient (Wildman–Crippen LogP) is 0.683. The summed E-state index contributed by atoms with van der Waals surface area (Å²) in [4.78, 5) is 3.44. The van der Waals surface area contributed by atoms with Crippen molar-refractivity contribution in [3.05, 3.63) is 10.6 Å². The van der Waals surface area contributed by atoms with Crippen LogP contribution in [0.15, 0.2) is 10.6 Å². The van der Waals surface area contributed by atoms with E-state index in [2.05, 4.69) is 29.9 Å². The first-order valence-corrected chi connectivity index (χ1v) is 3.96. The Hall–Kier alpha value is -0.150. The molecular weight excluding hydrogens is 144 g/mol.